The maximum atomic E-state index is 13.1. The molecule has 4 rings (SSSR count). The molecule has 1 aliphatic carbocycles. The molecule has 0 N–H and O–H groups in total. The van der Waals surface area contributed by atoms with Crippen LogP contribution < -0.4 is 0 Å². The molecule has 2 fully saturated rings. The van der Waals surface area contributed by atoms with Crippen LogP contribution in [0.25, 0.3) is 11.5 Å². The van der Waals surface area contributed by atoms with Gasteiger partial charge in [-0.25, -0.2) is 4.98 Å². The van der Waals surface area contributed by atoms with E-state index in [1.165, 1.54) is 12.8 Å². The zero-order valence-electron chi connectivity index (χ0n) is 17.5. The van der Waals surface area contributed by atoms with E-state index in [4.69, 9.17) is 4.52 Å². The number of rotatable bonds is 5. The predicted octanol–water partition coefficient (Wildman–Crippen LogP) is 3.77. The Morgan fingerprint density at radius 1 is 1.21 bits per heavy atom. The number of hydrogen-bond acceptors (Lipinski definition) is 6. The van der Waals surface area contributed by atoms with Gasteiger partial charge >= 0.3 is 0 Å². The predicted molar refractivity (Wildman–Crippen MR) is 109 cm³/mol. The smallest absolute Gasteiger partial charge is 0.227 e. The normalized spacial score (nSPS) is 25.3. The number of hydrogen-bond donors (Lipinski definition) is 0. The van der Waals surface area contributed by atoms with Gasteiger partial charge in [0, 0.05) is 37.8 Å². The summed E-state index contributed by atoms with van der Waals surface area (Å²) in [4.78, 5) is 27.9. The first-order chi connectivity index (χ1) is 14.1. The fourth-order valence-electron chi connectivity index (χ4n) is 4.83. The van der Waals surface area contributed by atoms with Crippen LogP contribution in [-0.2, 0) is 11.2 Å². The highest BCUT2D eigenvalue weighted by molar-refractivity contribution is 5.79. The Bertz CT molecular complexity index is 799. The molecule has 1 unspecified atom stereocenters. The fraction of sp³-hybridized carbons (Fsp3) is 0.682. The standard InChI is InChI=1S/C22H31N5O2/c1-15(2)17-5-7-18(8-6-17)22(28)27-11-3-4-16(14-27)12-20-25-21(26-29-20)19-13-23-9-10-24-19/h9-10,13,15-18H,3-8,11-12,14H2,1-2H3. The zero-order valence-corrected chi connectivity index (χ0v) is 17.5. The Balaban J connectivity index is 1.32. The number of likely N-dealkylation sites (tertiary alicyclic amines) is 1. The number of carbonyl (C=O) groups excluding carboxylic acids is 1. The van der Waals surface area contributed by atoms with Crippen LogP contribution in [0, 0.1) is 23.7 Å². The lowest BCUT2D eigenvalue weighted by atomic mass is 9.76. The molecule has 156 valence electrons. The van der Waals surface area contributed by atoms with Crippen molar-refractivity contribution in [2.24, 2.45) is 23.7 Å². The zero-order chi connectivity index (χ0) is 20.2. The van der Waals surface area contributed by atoms with Gasteiger partial charge in [-0.05, 0) is 56.3 Å². The van der Waals surface area contributed by atoms with E-state index >= 15 is 0 Å². The van der Waals surface area contributed by atoms with Crippen LogP contribution in [0.5, 0.6) is 0 Å². The molecule has 2 aliphatic rings. The van der Waals surface area contributed by atoms with E-state index in [1.54, 1.807) is 18.6 Å². The third-order valence-corrected chi connectivity index (χ3v) is 6.62. The van der Waals surface area contributed by atoms with Gasteiger partial charge in [-0.3, -0.25) is 9.78 Å². The van der Waals surface area contributed by atoms with Crippen molar-refractivity contribution in [3.8, 4) is 11.5 Å². The molecule has 0 spiro atoms. The lowest BCUT2D eigenvalue weighted by molar-refractivity contribution is -0.138. The topological polar surface area (TPSA) is 85.0 Å². The summed E-state index contributed by atoms with van der Waals surface area (Å²) in [5, 5.41) is 4.03. The second kappa shape index (κ2) is 9.01. The average Bonchev–Trinajstić information content (AvgIpc) is 3.22. The van der Waals surface area contributed by atoms with E-state index < -0.39 is 0 Å². The Morgan fingerprint density at radius 3 is 2.76 bits per heavy atom. The molecule has 0 bridgehead atoms. The molecule has 1 amide bonds. The summed E-state index contributed by atoms with van der Waals surface area (Å²) in [7, 11) is 0. The molecule has 29 heavy (non-hydrogen) atoms. The van der Waals surface area contributed by atoms with E-state index in [0.717, 1.165) is 50.6 Å². The summed E-state index contributed by atoms with van der Waals surface area (Å²) in [6.07, 6.45) is 12.2. The van der Waals surface area contributed by atoms with Crippen molar-refractivity contribution < 1.29 is 9.32 Å². The summed E-state index contributed by atoms with van der Waals surface area (Å²) < 4.78 is 5.44. The summed E-state index contributed by atoms with van der Waals surface area (Å²) >= 11 is 0. The number of amides is 1. The molecule has 1 aliphatic heterocycles. The number of piperidine rings is 1. The lowest BCUT2D eigenvalue weighted by Crippen LogP contribution is -2.44. The Morgan fingerprint density at radius 2 is 2.03 bits per heavy atom. The molecule has 1 atom stereocenters. The van der Waals surface area contributed by atoms with E-state index in [2.05, 4.69) is 38.9 Å². The van der Waals surface area contributed by atoms with E-state index in [-0.39, 0.29) is 5.92 Å². The van der Waals surface area contributed by atoms with Crippen molar-refractivity contribution in [1.29, 1.82) is 0 Å². The van der Waals surface area contributed by atoms with E-state index in [9.17, 15) is 4.79 Å². The lowest BCUT2D eigenvalue weighted by Gasteiger charge is -2.37. The van der Waals surface area contributed by atoms with Crippen LogP contribution in [0.4, 0.5) is 0 Å². The first-order valence-electron chi connectivity index (χ1n) is 11.0. The van der Waals surface area contributed by atoms with Crippen LogP contribution in [0.3, 0.4) is 0 Å². The first-order valence-corrected chi connectivity index (χ1v) is 11.0. The third kappa shape index (κ3) is 4.82. The molecule has 1 saturated carbocycles. The molecule has 2 aromatic heterocycles. The van der Waals surface area contributed by atoms with Gasteiger partial charge in [-0.2, -0.15) is 4.98 Å². The molecule has 7 nitrogen and oxygen atoms in total. The summed E-state index contributed by atoms with van der Waals surface area (Å²) in [6, 6.07) is 0. The Labute approximate surface area is 172 Å². The Kier molecular flexibility index (Phi) is 6.21. The van der Waals surface area contributed by atoms with Crippen molar-refractivity contribution in [1.82, 2.24) is 25.0 Å². The third-order valence-electron chi connectivity index (χ3n) is 6.62. The van der Waals surface area contributed by atoms with Gasteiger partial charge < -0.3 is 9.42 Å². The average molecular weight is 398 g/mol. The van der Waals surface area contributed by atoms with Gasteiger partial charge in [0.05, 0.1) is 6.20 Å². The second-order valence-electron chi connectivity index (χ2n) is 8.95. The van der Waals surface area contributed by atoms with Gasteiger partial charge in [0.2, 0.25) is 17.6 Å². The van der Waals surface area contributed by atoms with Crippen LogP contribution in [0.2, 0.25) is 0 Å². The molecule has 1 saturated heterocycles. The highest BCUT2D eigenvalue weighted by Gasteiger charge is 2.33. The van der Waals surface area contributed by atoms with Crippen molar-refractivity contribution >= 4 is 5.91 Å². The van der Waals surface area contributed by atoms with Gasteiger partial charge in [-0.1, -0.05) is 19.0 Å². The van der Waals surface area contributed by atoms with Crippen molar-refractivity contribution in [3.05, 3.63) is 24.5 Å². The van der Waals surface area contributed by atoms with E-state index in [1.807, 2.05) is 0 Å². The minimum atomic E-state index is 0.218. The minimum Gasteiger partial charge on any atom is -0.342 e. The molecule has 2 aromatic rings. The van der Waals surface area contributed by atoms with Crippen LogP contribution in [-0.4, -0.2) is 44.0 Å². The maximum absolute atomic E-state index is 13.1. The van der Waals surface area contributed by atoms with Gasteiger partial charge in [0.25, 0.3) is 0 Å². The van der Waals surface area contributed by atoms with Crippen molar-refractivity contribution in [2.75, 3.05) is 13.1 Å². The fourth-order valence-corrected chi connectivity index (χ4v) is 4.83. The van der Waals surface area contributed by atoms with Crippen molar-refractivity contribution in [2.45, 2.75) is 58.8 Å². The first kappa shape index (κ1) is 20.0. The van der Waals surface area contributed by atoms with Crippen LogP contribution in [0.1, 0.15) is 58.3 Å². The van der Waals surface area contributed by atoms with Crippen molar-refractivity contribution in [3.63, 3.8) is 0 Å². The molecule has 7 heteroatoms. The molecule has 3 heterocycles. The van der Waals surface area contributed by atoms with Gasteiger partial charge in [0.1, 0.15) is 5.69 Å². The van der Waals surface area contributed by atoms with Crippen LogP contribution >= 0.6 is 0 Å². The Hall–Kier alpha value is -2.31. The van der Waals surface area contributed by atoms with Gasteiger partial charge in [-0.15, -0.1) is 0 Å². The SMILES string of the molecule is CC(C)C1CCC(C(=O)N2CCCC(Cc3nc(-c4cnccn4)no3)C2)CC1. The number of carbonyl (C=O) groups is 1. The van der Waals surface area contributed by atoms with Crippen LogP contribution in [0.15, 0.2) is 23.1 Å². The highest BCUT2D eigenvalue weighted by atomic mass is 16.5. The molecule has 0 radical (unpaired) electrons. The second-order valence-corrected chi connectivity index (χ2v) is 8.95. The maximum Gasteiger partial charge on any atom is 0.227 e. The molecular formula is C22H31N5O2. The summed E-state index contributed by atoms with van der Waals surface area (Å²) in [5.74, 6) is 3.55. The summed E-state index contributed by atoms with van der Waals surface area (Å²) in [6.45, 7) is 6.28. The minimum absolute atomic E-state index is 0.218. The largest absolute Gasteiger partial charge is 0.342 e. The quantitative estimate of drug-likeness (QED) is 0.763. The summed E-state index contributed by atoms with van der Waals surface area (Å²) in [5.41, 5.74) is 0.611. The van der Waals surface area contributed by atoms with E-state index in [0.29, 0.717) is 35.7 Å². The molecular weight excluding hydrogens is 366 g/mol. The monoisotopic (exact) mass is 397 g/mol. The number of aromatic nitrogens is 4. The number of nitrogens with zero attached hydrogens (tertiary/aromatic N) is 5. The highest BCUT2D eigenvalue weighted by Crippen LogP contribution is 2.35. The molecule has 0 aromatic carbocycles. The van der Waals surface area contributed by atoms with Gasteiger partial charge in [0.15, 0.2) is 0 Å².